The third-order valence-corrected chi connectivity index (χ3v) is 4.86. The number of hydrogen-bond donors (Lipinski definition) is 3. The summed E-state index contributed by atoms with van der Waals surface area (Å²) in [5.41, 5.74) is 4.05. The number of nitrogens with zero attached hydrogens (tertiary/aromatic N) is 1. The molecule has 1 aromatic rings. The third kappa shape index (κ3) is 7.35. The number of hydrogen-bond acceptors (Lipinski definition) is 6. The van der Waals surface area contributed by atoms with Crippen molar-refractivity contribution in [3.63, 3.8) is 0 Å². The number of nitrogen functional groups attached to an aromatic ring is 1. The summed E-state index contributed by atoms with van der Waals surface area (Å²) >= 11 is 6.14. The van der Waals surface area contributed by atoms with Gasteiger partial charge in [0.15, 0.2) is 0 Å². The number of alkyl halides is 3. The molecular weight excluding hydrogens is 443 g/mol. The molecule has 1 aromatic carbocycles. The molecule has 0 bridgehead atoms. The minimum Gasteiger partial charge on any atom is -0.478 e. The number of piperidine rings is 1. The van der Waals surface area contributed by atoms with Gasteiger partial charge in [0.1, 0.15) is 11.4 Å². The second-order valence-electron chi connectivity index (χ2n) is 8.20. The topological polar surface area (TPSA) is 114 Å². The van der Waals surface area contributed by atoms with Crippen molar-refractivity contribution in [3.05, 3.63) is 22.2 Å². The van der Waals surface area contributed by atoms with Crippen molar-refractivity contribution < 1.29 is 37.3 Å². The Morgan fingerprint density at radius 1 is 1.35 bits per heavy atom. The van der Waals surface area contributed by atoms with Crippen molar-refractivity contribution in [1.82, 2.24) is 10.2 Å². The zero-order valence-electron chi connectivity index (χ0n) is 17.3. The Morgan fingerprint density at radius 2 is 2.00 bits per heavy atom. The highest BCUT2D eigenvalue weighted by Crippen LogP contribution is 2.38. The summed E-state index contributed by atoms with van der Waals surface area (Å²) in [6, 6.07) is 0.428. The van der Waals surface area contributed by atoms with Gasteiger partial charge in [0.05, 0.1) is 16.3 Å². The molecular formula is C19H25ClF3N3O5. The van der Waals surface area contributed by atoms with Gasteiger partial charge in [0, 0.05) is 24.7 Å². The van der Waals surface area contributed by atoms with E-state index in [-0.39, 0.29) is 28.9 Å². The quantitative estimate of drug-likeness (QED) is 0.560. The first-order valence-corrected chi connectivity index (χ1v) is 9.86. The molecule has 4 N–H and O–H groups in total. The molecule has 0 radical (unpaired) electrons. The average molecular weight is 468 g/mol. The lowest BCUT2D eigenvalue weighted by atomic mass is 10.0. The van der Waals surface area contributed by atoms with E-state index in [1.807, 2.05) is 0 Å². The van der Waals surface area contributed by atoms with Gasteiger partial charge < -0.3 is 25.6 Å². The van der Waals surface area contributed by atoms with Gasteiger partial charge in [-0.2, -0.15) is 0 Å². The molecule has 0 spiro atoms. The average Bonchev–Trinajstić information content (AvgIpc) is 2.58. The van der Waals surface area contributed by atoms with Gasteiger partial charge in [-0.05, 0) is 46.2 Å². The van der Waals surface area contributed by atoms with Gasteiger partial charge in [-0.15, -0.1) is 13.2 Å². The van der Waals surface area contributed by atoms with Gasteiger partial charge in [-0.1, -0.05) is 11.6 Å². The first kappa shape index (κ1) is 24.9. The maximum Gasteiger partial charge on any atom is 0.573 e. The van der Waals surface area contributed by atoms with Gasteiger partial charge in [0.2, 0.25) is 0 Å². The summed E-state index contributed by atoms with van der Waals surface area (Å²) in [6.45, 7) is 5.96. The van der Waals surface area contributed by atoms with E-state index in [1.54, 1.807) is 25.7 Å². The molecule has 0 unspecified atom stereocenters. The van der Waals surface area contributed by atoms with E-state index in [0.717, 1.165) is 0 Å². The number of carbonyl (C=O) groups is 2. The van der Waals surface area contributed by atoms with Crippen molar-refractivity contribution in [3.8, 4) is 5.75 Å². The van der Waals surface area contributed by atoms with Crippen LogP contribution >= 0.6 is 11.6 Å². The van der Waals surface area contributed by atoms with Crippen molar-refractivity contribution in [2.45, 2.75) is 58.2 Å². The lowest BCUT2D eigenvalue weighted by Gasteiger charge is -2.34. The van der Waals surface area contributed by atoms with E-state index in [1.165, 1.54) is 0 Å². The van der Waals surface area contributed by atoms with Crippen LogP contribution in [0.15, 0.2) is 6.07 Å². The molecule has 1 heterocycles. The molecule has 174 valence electrons. The predicted octanol–water partition coefficient (Wildman–Crippen LogP) is 4.01. The number of nitrogens with two attached hydrogens (primary N) is 1. The largest absolute Gasteiger partial charge is 0.573 e. The van der Waals surface area contributed by atoms with E-state index in [4.69, 9.17) is 22.1 Å². The first-order valence-electron chi connectivity index (χ1n) is 9.48. The number of nitrogens with one attached hydrogen (secondary N) is 1. The molecule has 0 aliphatic carbocycles. The zero-order valence-corrected chi connectivity index (χ0v) is 18.1. The number of aromatic carboxylic acids is 1. The molecule has 31 heavy (non-hydrogen) atoms. The number of alkyl carbamates (subject to hydrolysis) is 1. The molecule has 1 fully saturated rings. The van der Waals surface area contributed by atoms with Crippen molar-refractivity contribution in [1.29, 1.82) is 0 Å². The maximum absolute atomic E-state index is 12.9. The van der Waals surface area contributed by atoms with Crippen LogP contribution in [0.4, 0.5) is 23.7 Å². The molecule has 1 aliphatic heterocycles. The molecule has 2 rings (SSSR count). The fourth-order valence-electron chi connectivity index (χ4n) is 3.24. The molecule has 1 aliphatic rings. The summed E-state index contributed by atoms with van der Waals surface area (Å²) in [7, 11) is 0. The number of anilines is 1. The van der Waals surface area contributed by atoms with E-state index in [2.05, 4.69) is 10.1 Å². The smallest absolute Gasteiger partial charge is 0.478 e. The van der Waals surface area contributed by atoms with Crippen LogP contribution in [-0.2, 0) is 11.3 Å². The number of benzene rings is 1. The van der Waals surface area contributed by atoms with Gasteiger partial charge >= 0.3 is 18.4 Å². The number of carboxylic acid groups (broad SMARTS) is 1. The van der Waals surface area contributed by atoms with Crippen molar-refractivity contribution in [2.75, 3.05) is 18.8 Å². The second-order valence-corrected chi connectivity index (χ2v) is 8.58. The summed E-state index contributed by atoms with van der Waals surface area (Å²) in [5.74, 6) is -2.26. The third-order valence-electron chi connectivity index (χ3n) is 4.43. The zero-order chi connectivity index (χ0) is 23.6. The Bertz CT molecular complexity index is 843. The number of amides is 1. The van der Waals surface area contributed by atoms with Crippen LogP contribution in [0.3, 0.4) is 0 Å². The van der Waals surface area contributed by atoms with E-state index < -0.39 is 35.3 Å². The molecule has 8 nitrogen and oxygen atoms in total. The summed E-state index contributed by atoms with van der Waals surface area (Å²) in [6.07, 6.45) is -4.31. The number of halogens is 4. The van der Waals surface area contributed by atoms with E-state index in [9.17, 15) is 27.9 Å². The normalized spacial score (nSPS) is 17.8. The molecule has 1 amide bonds. The lowest BCUT2D eigenvalue weighted by molar-refractivity contribution is -0.275. The van der Waals surface area contributed by atoms with Crippen LogP contribution in [0, 0.1) is 0 Å². The Balaban J connectivity index is 2.23. The lowest BCUT2D eigenvalue weighted by Crippen LogP contribution is -2.48. The van der Waals surface area contributed by atoms with Crippen LogP contribution in [0.25, 0.3) is 0 Å². The fourth-order valence-corrected chi connectivity index (χ4v) is 3.49. The fraction of sp³-hybridized carbons (Fsp3) is 0.579. The first-order chi connectivity index (χ1) is 14.2. The summed E-state index contributed by atoms with van der Waals surface area (Å²) in [4.78, 5) is 25.1. The minimum atomic E-state index is -5.05. The van der Waals surface area contributed by atoms with Gasteiger partial charge in [-0.3, -0.25) is 4.90 Å². The number of rotatable bonds is 5. The highest BCUT2D eigenvalue weighted by molar-refractivity contribution is 6.35. The van der Waals surface area contributed by atoms with Crippen LogP contribution in [0.2, 0.25) is 5.02 Å². The van der Waals surface area contributed by atoms with Crippen LogP contribution in [-0.4, -0.2) is 53.2 Å². The number of ether oxygens (including phenoxy) is 2. The van der Waals surface area contributed by atoms with Crippen molar-refractivity contribution in [2.24, 2.45) is 0 Å². The van der Waals surface area contributed by atoms with Gasteiger partial charge in [-0.25, -0.2) is 9.59 Å². The second kappa shape index (κ2) is 9.39. The van der Waals surface area contributed by atoms with Gasteiger partial charge in [0.25, 0.3) is 0 Å². The molecule has 1 saturated heterocycles. The monoisotopic (exact) mass is 467 g/mol. The molecule has 0 aromatic heterocycles. The Hall–Kier alpha value is -2.40. The van der Waals surface area contributed by atoms with E-state index >= 15 is 0 Å². The SMILES string of the molecule is CC(C)(C)OC(=O)N[C@H]1CCCN(Cc2c(OC(F)(F)F)cc(C(=O)O)c(N)c2Cl)C1. The van der Waals surface area contributed by atoms with Crippen LogP contribution < -0.4 is 15.8 Å². The molecule has 1 atom stereocenters. The standard InChI is InChI=1S/C19H25ClF3N3O5/c1-18(2,3)31-17(29)25-10-5-4-6-26(8-10)9-12-13(30-19(21,22)23)7-11(16(27)28)15(24)14(12)20/h7,10H,4-6,8-9,24H2,1-3H3,(H,25,29)(H,27,28)/t10-/m0/s1. The summed E-state index contributed by atoms with van der Waals surface area (Å²) < 4.78 is 47.9. The Morgan fingerprint density at radius 3 is 2.55 bits per heavy atom. The highest BCUT2D eigenvalue weighted by atomic mass is 35.5. The number of likely N-dealkylation sites (tertiary alicyclic amines) is 1. The summed E-state index contributed by atoms with van der Waals surface area (Å²) in [5, 5.41) is 11.6. The van der Waals surface area contributed by atoms with Crippen LogP contribution in [0.5, 0.6) is 5.75 Å². The Kier molecular flexibility index (Phi) is 7.53. The highest BCUT2D eigenvalue weighted by Gasteiger charge is 2.34. The predicted molar refractivity (Wildman–Crippen MR) is 107 cm³/mol. The van der Waals surface area contributed by atoms with E-state index in [0.29, 0.717) is 32.0 Å². The minimum absolute atomic E-state index is 0.0825. The number of carboxylic acids is 1. The maximum atomic E-state index is 12.9. The molecule has 12 heteroatoms. The molecule has 0 saturated carbocycles. The Labute approximate surface area is 182 Å². The van der Waals surface area contributed by atoms with Crippen LogP contribution in [0.1, 0.15) is 49.5 Å². The van der Waals surface area contributed by atoms with Crippen molar-refractivity contribution >= 4 is 29.4 Å². The number of carbonyl (C=O) groups excluding carboxylic acids is 1.